The third-order valence-corrected chi connectivity index (χ3v) is 6.07. The summed E-state index contributed by atoms with van der Waals surface area (Å²) in [5.74, 6) is 0.525. The van der Waals surface area contributed by atoms with Crippen LogP contribution in [0.5, 0.6) is 0 Å². The molecule has 10 nitrogen and oxygen atoms in total. The van der Waals surface area contributed by atoms with E-state index < -0.39 is 22.1 Å². The number of rotatable bonds is 3. The summed E-state index contributed by atoms with van der Waals surface area (Å²) in [5.41, 5.74) is 1.00. The lowest BCUT2D eigenvalue weighted by atomic mass is 10.2. The average Bonchev–Trinajstić information content (AvgIpc) is 2.99. The zero-order chi connectivity index (χ0) is 17.8. The first-order valence-corrected chi connectivity index (χ1v) is 10.2. The van der Waals surface area contributed by atoms with Gasteiger partial charge in [-0.15, -0.1) is 5.10 Å². The molecule has 1 aliphatic carbocycles. The fourth-order valence-corrected chi connectivity index (χ4v) is 4.13. The molecule has 4 amide bonds. The van der Waals surface area contributed by atoms with Crippen LogP contribution < -0.4 is 0 Å². The Kier molecular flexibility index (Phi) is 3.71. The number of likely N-dealkylation sites (tertiary alicyclic amines) is 1. The van der Waals surface area contributed by atoms with E-state index in [0.717, 1.165) is 40.4 Å². The molecule has 1 saturated carbocycles. The first-order chi connectivity index (χ1) is 11.8. The fourth-order valence-electron chi connectivity index (χ4n) is 3.34. The molecule has 25 heavy (non-hydrogen) atoms. The summed E-state index contributed by atoms with van der Waals surface area (Å²) < 4.78 is 25.7. The van der Waals surface area contributed by atoms with Gasteiger partial charge in [0.15, 0.2) is 0 Å². The zero-order valence-corrected chi connectivity index (χ0v) is 14.7. The van der Waals surface area contributed by atoms with Crippen molar-refractivity contribution >= 4 is 22.1 Å². The van der Waals surface area contributed by atoms with Gasteiger partial charge in [0.05, 0.1) is 31.1 Å². The van der Waals surface area contributed by atoms with Gasteiger partial charge in [0.25, 0.3) is 0 Å². The highest BCUT2D eigenvalue weighted by Crippen LogP contribution is 2.39. The second-order valence-electron chi connectivity index (χ2n) is 6.84. The molecule has 0 spiro atoms. The minimum Gasteiger partial charge on any atom is -0.322 e. The quantitative estimate of drug-likeness (QED) is 0.755. The maximum atomic E-state index is 12.6. The summed E-state index contributed by atoms with van der Waals surface area (Å²) >= 11 is 0. The molecule has 3 heterocycles. The van der Waals surface area contributed by atoms with Crippen LogP contribution >= 0.6 is 0 Å². The monoisotopic (exact) mass is 368 g/mol. The van der Waals surface area contributed by atoms with Crippen molar-refractivity contribution in [3.8, 4) is 0 Å². The molecule has 0 bridgehead atoms. The van der Waals surface area contributed by atoms with Crippen LogP contribution in [0.15, 0.2) is 6.20 Å². The maximum Gasteiger partial charge on any atom is 0.341 e. The number of carbonyl (C=O) groups is 2. The number of aromatic nitrogens is 3. The molecule has 0 radical (unpaired) electrons. The molecule has 1 unspecified atom stereocenters. The lowest BCUT2D eigenvalue weighted by Gasteiger charge is -2.22. The van der Waals surface area contributed by atoms with Crippen molar-refractivity contribution in [3.63, 3.8) is 0 Å². The number of sulfonamides is 1. The molecule has 136 valence electrons. The number of carbonyl (C=O) groups excluding carboxylic acids is 2. The normalized spacial score (nSPS) is 24.4. The van der Waals surface area contributed by atoms with Crippen LogP contribution in [0.2, 0.25) is 0 Å². The van der Waals surface area contributed by atoms with E-state index in [9.17, 15) is 18.0 Å². The van der Waals surface area contributed by atoms with Crippen LogP contribution in [0.3, 0.4) is 0 Å². The van der Waals surface area contributed by atoms with Crippen molar-refractivity contribution in [2.75, 3.05) is 32.4 Å². The molecule has 3 fully saturated rings. The molecule has 1 aromatic rings. The first-order valence-electron chi connectivity index (χ1n) is 8.34. The van der Waals surface area contributed by atoms with Crippen molar-refractivity contribution in [2.24, 2.45) is 0 Å². The average molecular weight is 368 g/mol. The summed E-state index contributed by atoms with van der Waals surface area (Å²) in [4.78, 5) is 27.4. The molecular weight excluding hydrogens is 348 g/mol. The summed E-state index contributed by atoms with van der Waals surface area (Å²) in [6.07, 6.45) is 5.95. The number of hydrogen-bond donors (Lipinski definition) is 0. The van der Waals surface area contributed by atoms with Crippen LogP contribution in [0.1, 0.15) is 36.9 Å². The number of hydrogen-bond acceptors (Lipinski definition) is 6. The Morgan fingerprint density at radius 3 is 2.60 bits per heavy atom. The van der Waals surface area contributed by atoms with E-state index >= 15 is 0 Å². The van der Waals surface area contributed by atoms with Crippen LogP contribution in [0, 0.1) is 0 Å². The summed E-state index contributed by atoms with van der Waals surface area (Å²) in [6.45, 7) is 1.04. The Balaban J connectivity index is 1.41. The van der Waals surface area contributed by atoms with Gasteiger partial charge in [0.2, 0.25) is 10.0 Å². The molecule has 1 atom stereocenters. The van der Waals surface area contributed by atoms with E-state index in [2.05, 4.69) is 10.3 Å². The molecule has 4 rings (SSSR count). The minimum atomic E-state index is -3.65. The van der Waals surface area contributed by atoms with Gasteiger partial charge in [-0.3, -0.25) is 0 Å². The second kappa shape index (κ2) is 5.68. The van der Waals surface area contributed by atoms with Crippen molar-refractivity contribution < 1.29 is 18.0 Å². The molecule has 3 aliphatic rings. The smallest absolute Gasteiger partial charge is 0.322 e. The van der Waals surface area contributed by atoms with Crippen molar-refractivity contribution in [1.29, 1.82) is 0 Å². The van der Waals surface area contributed by atoms with E-state index in [1.165, 1.54) is 0 Å². The van der Waals surface area contributed by atoms with Crippen LogP contribution in [0.4, 0.5) is 9.59 Å². The molecule has 1 aromatic heterocycles. The highest BCUT2D eigenvalue weighted by atomic mass is 32.2. The summed E-state index contributed by atoms with van der Waals surface area (Å²) in [6, 6.07) is -1.18. The van der Waals surface area contributed by atoms with Gasteiger partial charge in [-0.05, 0) is 19.3 Å². The highest BCUT2D eigenvalue weighted by Gasteiger charge is 2.41. The zero-order valence-electron chi connectivity index (χ0n) is 13.9. The SMILES string of the molecule is CS(=O)(=O)N1CCN(C(=O)N2CCC(n3cc(C4CC4)nn3)C2)C1=O. The molecule has 0 aromatic carbocycles. The van der Waals surface area contributed by atoms with E-state index in [4.69, 9.17) is 0 Å². The minimum absolute atomic E-state index is 0.00843. The first kappa shape index (κ1) is 16.3. The van der Waals surface area contributed by atoms with E-state index in [-0.39, 0.29) is 19.1 Å². The summed E-state index contributed by atoms with van der Waals surface area (Å²) in [7, 11) is -3.65. The van der Waals surface area contributed by atoms with Gasteiger partial charge in [-0.1, -0.05) is 5.21 Å². The Labute approximate surface area is 145 Å². The van der Waals surface area contributed by atoms with Gasteiger partial charge in [-0.2, -0.15) is 0 Å². The number of urea groups is 2. The third-order valence-electron chi connectivity index (χ3n) is 4.93. The van der Waals surface area contributed by atoms with E-state index in [0.29, 0.717) is 19.0 Å². The van der Waals surface area contributed by atoms with Crippen LogP contribution in [0.25, 0.3) is 0 Å². The van der Waals surface area contributed by atoms with Crippen LogP contribution in [-0.4, -0.2) is 82.0 Å². The molecular formula is C14H20N6O4S. The number of amides is 4. The van der Waals surface area contributed by atoms with Gasteiger partial charge < -0.3 is 4.90 Å². The van der Waals surface area contributed by atoms with Gasteiger partial charge in [0.1, 0.15) is 0 Å². The molecule has 0 N–H and O–H groups in total. The number of imide groups is 1. The lowest BCUT2D eigenvalue weighted by Crippen LogP contribution is -2.45. The standard InChI is InChI=1S/C14H20N6O4S/c1-25(23,24)20-7-6-18(14(20)22)13(21)17-5-4-11(8-17)19-9-12(15-16-19)10-2-3-10/h9-11H,2-8H2,1H3. The number of nitrogens with zero attached hydrogens (tertiary/aromatic N) is 6. The molecule has 2 aliphatic heterocycles. The Bertz CT molecular complexity index is 817. The van der Waals surface area contributed by atoms with Crippen molar-refractivity contribution in [3.05, 3.63) is 11.9 Å². The van der Waals surface area contributed by atoms with Crippen molar-refractivity contribution in [1.82, 2.24) is 29.1 Å². The van der Waals surface area contributed by atoms with Gasteiger partial charge in [-0.25, -0.2) is 31.9 Å². The highest BCUT2D eigenvalue weighted by molar-refractivity contribution is 7.88. The van der Waals surface area contributed by atoms with Gasteiger partial charge >= 0.3 is 12.1 Å². The Morgan fingerprint density at radius 2 is 1.96 bits per heavy atom. The third kappa shape index (κ3) is 2.96. The topological polar surface area (TPSA) is 109 Å². The van der Waals surface area contributed by atoms with Crippen LogP contribution in [-0.2, 0) is 10.0 Å². The molecule has 11 heteroatoms. The largest absolute Gasteiger partial charge is 0.341 e. The Morgan fingerprint density at radius 1 is 1.20 bits per heavy atom. The van der Waals surface area contributed by atoms with E-state index in [1.54, 1.807) is 9.58 Å². The maximum absolute atomic E-state index is 12.6. The Hall–Kier alpha value is -2.17. The van der Waals surface area contributed by atoms with Crippen molar-refractivity contribution in [2.45, 2.75) is 31.2 Å². The fraction of sp³-hybridized carbons (Fsp3) is 0.714. The lowest BCUT2D eigenvalue weighted by molar-refractivity contribution is 0.168. The summed E-state index contributed by atoms with van der Waals surface area (Å²) in [5, 5.41) is 8.36. The molecule has 2 saturated heterocycles. The van der Waals surface area contributed by atoms with E-state index in [1.807, 2.05) is 6.20 Å². The van der Waals surface area contributed by atoms with Gasteiger partial charge in [0, 0.05) is 25.2 Å². The second-order valence-corrected chi connectivity index (χ2v) is 8.74. The predicted octanol–water partition coefficient (Wildman–Crippen LogP) is 0.220. The predicted molar refractivity (Wildman–Crippen MR) is 86.3 cm³/mol.